The highest BCUT2D eigenvalue weighted by molar-refractivity contribution is 5.95. The smallest absolute Gasteiger partial charge is 0.266 e. The number of methoxy groups -OCH3 is 2. The van der Waals surface area contributed by atoms with Gasteiger partial charge in [0.05, 0.1) is 36.9 Å². The highest BCUT2D eigenvalue weighted by Gasteiger charge is 2.28. The van der Waals surface area contributed by atoms with Crippen molar-refractivity contribution in [1.82, 2.24) is 14.5 Å². The van der Waals surface area contributed by atoms with E-state index in [0.29, 0.717) is 46.0 Å². The van der Waals surface area contributed by atoms with Crippen LogP contribution in [0, 0.1) is 0 Å². The number of carbonyl (C=O) groups excluding carboxylic acids is 1. The monoisotopic (exact) mass is 519 g/mol. The fraction of sp³-hybridized carbons (Fsp3) is 0.156. The van der Waals surface area contributed by atoms with Gasteiger partial charge in [0.25, 0.3) is 11.5 Å². The van der Waals surface area contributed by atoms with Gasteiger partial charge >= 0.3 is 0 Å². The molecule has 1 aromatic heterocycles. The van der Waals surface area contributed by atoms with Crippen LogP contribution in [0.4, 0.5) is 0 Å². The molecule has 0 saturated heterocycles. The molecule has 4 aromatic carbocycles. The highest BCUT2D eigenvalue weighted by atomic mass is 16.5. The Morgan fingerprint density at radius 3 is 2.26 bits per heavy atom. The molecule has 196 valence electrons. The quantitative estimate of drug-likeness (QED) is 0.259. The van der Waals surface area contributed by atoms with Gasteiger partial charge in [-0.3, -0.25) is 14.2 Å². The number of fused-ring (bicyclic) bond motifs is 1. The van der Waals surface area contributed by atoms with E-state index < -0.39 is 6.04 Å². The van der Waals surface area contributed by atoms with E-state index in [4.69, 9.17) is 14.5 Å². The zero-order valence-electron chi connectivity index (χ0n) is 22.1. The summed E-state index contributed by atoms with van der Waals surface area (Å²) in [6.07, 6.45) is 0. The van der Waals surface area contributed by atoms with Gasteiger partial charge in [-0.05, 0) is 67.1 Å². The van der Waals surface area contributed by atoms with Gasteiger partial charge in [0.15, 0.2) is 0 Å². The van der Waals surface area contributed by atoms with E-state index in [-0.39, 0.29) is 11.5 Å². The van der Waals surface area contributed by atoms with E-state index in [1.165, 1.54) is 0 Å². The maximum Gasteiger partial charge on any atom is 0.266 e. The van der Waals surface area contributed by atoms with Gasteiger partial charge in [-0.2, -0.15) is 0 Å². The van der Waals surface area contributed by atoms with E-state index in [1.54, 1.807) is 66.2 Å². The van der Waals surface area contributed by atoms with Gasteiger partial charge in [0.1, 0.15) is 17.3 Å². The summed E-state index contributed by atoms with van der Waals surface area (Å²) in [5.41, 5.74) is 2.44. The summed E-state index contributed by atoms with van der Waals surface area (Å²) in [5.74, 6) is 1.52. The lowest BCUT2D eigenvalue weighted by Gasteiger charge is -2.31. The molecule has 7 nitrogen and oxygen atoms in total. The van der Waals surface area contributed by atoms with Crippen LogP contribution >= 0.6 is 0 Å². The van der Waals surface area contributed by atoms with Crippen LogP contribution in [0.15, 0.2) is 108 Å². The minimum absolute atomic E-state index is 0.200. The van der Waals surface area contributed by atoms with Crippen molar-refractivity contribution in [3.05, 3.63) is 130 Å². The standard InChI is InChI=1S/C32H29N3O4/c1-22(34(21-23-10-5-4-6-11-23)31(36)24-12-9-13-27(20-24)39-3)30-33-29-15-8-7-14-28(29)32(37)35(30)25-16-18-26(38-2)19-17-25/h4-20,22H,21H2,1-3H3. The zero-order chi connectivity index (χ0) is 27.4. The average molecular weight is 520 g/mol. The van der Waals surface area contributed by atoms with Gasteiger partial charge in [-0.1, -0.05) is 48.5 Å². The molecular formula is C32H29N3O4. The third-order valence-electron chi connectivity index (χ3n) is 6.75. The predicted octanol–water partition coefficient (Wildman–Crippen LogP) is 5.81. The number of para-hydroxylation sites is 1. The fourth-order valence-corrected chi connectivity index (χ4v) is 4.64. The van der Waals surface area contributed by atoms with E-state index in [0.717, 1.165) is 5.56 Å². The van der Waals surface area contributed by atoms with Crippen LogP contribution in [-0.2, 0) is 6.54 Å². The van der Waals surface area contributed by atoms with Crippen molar-refractivity contribution in [1.29, 1.82) is 0 Å². The number of hydrogen-bond donors (Lipinski definition) is 0. The number of hydrogen-bond acceptors (Lipinski definition) is 5. The average Bonchev–Trinajstić information content (AvgIpc) is 3.00. The summed E-state index contributed by atoms with van der Waals surface area (Å²) in [7, 11) is 3.17. The Morgan fingerprint density at radius 2 is 1.54 bits per heavy atom. The van der Waals surface area contributed by atoms with Gasteiger partial charge in [0.2, 0.25) is 0 Å². The van der Waals surface area contributed by atoms with E-state index in [1.807, 2.05) is 67.6 Å². The molecule has 0 aliphatic carbocycles. The number of ether oxygens (including phenoxy) is 2. The first-order valence-corrected chi connectivity index (χ1v) is 12.6. The maximum absolute atomic E-state index is 14.1. The number of rotatable bonds is 8. The summed E-state index contributed by atoms with van der Waals surface area (Å²) < 4.78 is 12.3. The Morgan fingerprint density at radius 1 is 0.846 bits per heavy atom. The van der Waals surface area contributed by atoms with Crippen molar-refractivity contribution < 1.29 is 14.3 Å². The Balaban J connectivity index is 1.69. The molecular weight excluding hydrogens is 490 g/mol. The normalized spacial score (nSPS) is 11.7. The maximum atomic E-state index is 14.1. The lowest BCUT2D eigenvalue weighted by Crippen LogP contribution is -2.37. The fourth-order valence-electron chi connectivity index (χ4n) is 4.64. The summed E-state index contributed by atoms with van der Waals surface area (Å²) in [6, 6.07) is 30.8. The molecule has 7 heteroatoms. The van der Waals surface area contributed by atoms with Crippen LogP contribution in [0.5, 0.6) is 11.5 Å². The Labute approximate surface area is 226 Å². The molecule has 0 bridgehead atoms. The lowest BCUT2D eigenvalue weighted by molar-refractivity contribution is 0.0663. The van der Waals surface area contributed by atoms with Gasteiger partial charge in [-0.25, -0.2) is 4.98 Å². The minimum Gasteiger partial charge on any atom is -0.497 e. The van der Waals surface area contributed by atoms with Crippen LogP contribution in [-0.4, -0.2) is 34.6 Å². The zero-order valence-corrected chi connectivity index (χ0v) is 22.1. The van der Waals surface area contributed by atoms with Crippen LogP contribution in [0.2, 0.25) is 0 Å². The van der Waals surface area contributed by atoms with Crippen molar-refractivity contribution in [2.45, 2.75) is 19.5 Å². The SMILES string of the molecule is COc1ccc(-n2c(C(C)N(Cc3ccccc3)C(=O)c3cccc(OC)c3)nc3ccccc3c2=O)cc1. The molecule has 0 spiro atoms. The molecule has 0 saturated carbocycles. The summed E-state index contributed by atoms with van der Waals surface area (Å²) >= 11 is 0. The van der Waals surface area contributed by atoms with Crippen LogP contribution < -0.4 is 15.0 Å². The van der Waals surface area contributed by atoms with Crippen LogP contribution in [0.25, 0.3) is 16.6 Å². The molecule has 1 atom stereocenters. The largest absolute Gasteiger partial charge is 0.497 e. The second-order valence-electron chi connectivity index (χ2n) is 9.15. The highest BCUT2D eigenvalue weighted by Crippen LogP contribution is 2.27. The van der Waals surface area contributed by atoms with Gasteiger partial charge < -0.3 is 14.4 Å². The predicted molar refractivity (Wildman–Crippen MR) is 152 cm³/mol. The molecule has 5 rings (SSSR count). The second-order valence-corrected chi connectivity index (χ2v) is 9.15. The van der Waals surface area contributed by atoms with E-state index in [9.17, 15) is 9.59 Å². The Hall–Kier alpha value is -4.91. The number of aromatic nitrogens is 2. The molecule has 5 aromatic rings. The number of amides is 1. The summed E-state index contributed by atoms with van der Waals surface area (Å²) in [4.78, 5) is 34.6. The molecule has 1 amide bonds. The molecule has 39 heavy (non-hydrogen) atoms. The molecule has 0 radical (unpaired) electrons. The lowest BCUT2D eigenvalue weighted by atomic mass is 10.1. The van der Waals surface area contributed by atoms with Crippen molar-refractivity contribution in [2.75, 3.05) is 14.2 Å². The Bertz CT molecular complexity index is 1660. The molecule has 1 heterocycles. The molecule has 0 N–H and O–H groups in total. The first kappa shape index (κ1) is 25.7. The minimum atomic E-state index is -0.566. The summed E-state index contributed by atoms with van der Waals surface area (Å²) in [5, 5.41) is 0.498. The number of carbonyl (C=O) groups is 1. The van der Waals surface area contributed by atoms with E-state index >= 15 is 0 Å². The number of benzene rings is 4. The molecule has 0 aliphatic heterocycles. The van der Waals surface area contributed by atoms with Crippen molar-refractivity contribution in [2.24, 2.45) is 0 Å². The first-order valence-electron chi connectivity index (χ1n) is 12.6. The number of nitrogens with zero attached hydrogens (tertiary/aromatic N) is 3. The second kappa shape index (κ2) is 11.2. The molecule has 0 fully saturated rings. The molecule has 1 unspecified atom stereocenters. The Kier molecular flexibility index (Phi) is 7.41. The van der Waals surface area contributed by atoms with Crippen molar-refractivity contribution in [3.8, 4) is 17.2 Å². The van der Waals surface area contributed by atoms with Gasteiger partial charge in [0, 0.05) is 12.1 Å². The third kappa shape index (κ3) is 5.25. The van der Waals surface area contributed by atoms with E-state index in [2.05, 4.69) is 0 Å². The van der Waals surface area contributed by atoms with Crippen LogP contribution in [0.3, 0.4) is 0 Å². The molecule has 0 aliphatic rings. The summed E-state index contributed by atoms with van der Waals surface area (Å²) in [6.45, 7) is 2.22. The van der Waals surface area contributed by atoms with Crippen LogP contribution in [0.1, 0.15) is 34.7 Å². The van der Waals surface area contributed by atoms with Crippen molar-refractivity contribution >= 4 is 16.8 Å². The topological polar surface area (TPSA) is 73.7 Å². The van der Waals surface area contributed by atoms with Crippen molar-refractivity contribution in [3.63, 3.8) is 0 Å². The first-order chi connectivity index (χ1) is 19.0. The van der Waals surface area contributed by atoms with Gasteiger partial charge in [-0.15, -0.1) is 0 Å². The third-order valence-corrected chi connectivity index (χ3v) is 6.75.